The lowest BCUT2D eigenvalue weighted by Gasteiger charge is -2.24. The van der Waals surface area contributed by atoms with Crippen molar-refractivity contribution >= 4 is 5.97 Å². The van der Waals surface area contributed by atoms with Crippen LogP contribution in [0, 0.1) is 5.92 Å². The molecule has 0 spiro atoms. The average molecular weight is 345 g/mol. The molecule has 0 aromatic carbocycles. The summed E-state index contributed by atoms with van der Waals surface area (Å²) in [4.78, 5) is 12.1. The zero-order valence-electron chi connectivity index (χ0n) is 16.3. The van der Waals surface area contributed by atoms with Crippen LogP contribution in [0.3, 0.4) is 0 Å². The maximum atomic E-state index is 12.1. The summed E-state index contributed by atoms with van der Waals surface area (Å²) < 4.78 is 5.22. The van der Waals surface area contributed by atoms with Crippen LogP contribution < -0.4 is 0 Å². The Morgan fingerprint density at radius 3 is 1.71 bits per heavy atom. The van der Waals surface area contributed by atoms with Crippen molar-refractivity contribution in [2.45, 2.75) is 117 Å². The van der Waals surface area contributed by atoms with E-state index in [9.17, 15) is 15.0 Å². The van der Waals surface area contributed by atoms with E-state index in [-0.39, 0.29) is 6.10 Å². The molecule has 0 aliphatic heterocycles. The van der Waals surface area contributed by atoms with Gasteiger partial charge in [0.05, 0.1) is 24.2 Å². The Labute approximate surface area is 149 Å². The first-order valence-electron chi connectivity index (χ1n) is 9.96. The van der Waals surface area contributed by atoms with Gasteiger partial charge in [0.1, 0.15) is 0 Å². The van der Waals surface area contributed by atoms with E-state index in [1.807, 2.05) is 0 Å². The second-order valence-electron chi connectivity index (χ2n) is 7.29. The standard InChI is InChI=1S/C20H40O4/c1-5-6-7-8-9-10-11-12-13-14-15-18(19(22)17(4)21)20(23)24-16(2)3/h16-19,21-22H,5-15H2,1-4H3. The van der Waals surface area contributed by atoms with Crippen molar-refractivity contribution in [1.82, 2.24) is 0 Å². The van der Waals surface area contributed by atoms with E-state index in [4.69, 9.17) is 4.74 Å². The smallest absolute Gasteiger partial charge is 0.311 e. The van der Waals surface area contributed by atoms with Crippen molar-refractivity contribution in [2.75, 3.05) is 0 Å². The Balaban J connectivity index is 3.92. The molecule has 4 nitrogen and oxygen atoms in total. The van der Waals surface area contributed by atoms with E-state index in [2.05, 4.69) is 6.92 Å². The number of unbranched alkanes of at least 4 members (excludes halogenated alkanes) is 9. The molecule has 4 heteroatoms. The molecule has 0 heterocycles. The van der Waals surface area contributed by atoms with Gasteiger partial charge in [-0.3, -0.25) is 4.79 Å². The average Bonchev–Trinajstić information content (AvgIpc) is 2.51. The summed E-state index contributed by atoms with van der Waals surface area (Å²) in [5, 5.41) is 19.6. The lowest BCUT2D eigenvalue weighted by atomic mass is 9.92. The first kappa shape index (κ1) is 23.4. The molecule has 0 aromatic heterocycles. The van der Waals surface area contributed by atoms with Gasteiger partial charge in [0.25, 0.3) is 0 Å². The topological polar surface area (TPSA) is 66.8 Å². The zero-order chi connectivity index (χ0) is 18.4. The third-order valence-corrected chi connectivity index (χ3v) is 4.43. The molecule has 0 bridgehead atoms. The van der Waals surface area contributed by atoms with Gasteiger partial charge in [0, 0.05) is 0 Å². The summed E-state index contributed by atoms with van der Waals surface area (Å²) in [5.74, 6) is -1.02. The lowest BCUT2D eigenvalue weighted by molar-refractivity contribution is -0.160. The number of ether oxygens (including phenoxy) is 1. The molecule has 0 saturated heterocycles. The minimum absolute atomic E-state index is 0.200. The van der Waals surface area contributed by atoms with Crippen molar-refractivity contribution in [3.05, 3.63) is 0 Å². The largest absolute Gasteiger partial charge is 0.463 e. The summed E-state index contributed by atoms with van der Waals surface area (Å²) in [6, 6.07) is 0. The number of esters is 1. The van der Waals surface area contributed by atoms with E-state index in [0.29, 0.717) is 6.42 Å². The third kappa shape index (κ3) is 11.9. The molecule has 3 unspecified atom stereocenters. The predicted octanol–water partition coefficient (Wildman–Crippen LogP) is 4.61. The van der Waals surface area contributed by atoms with Gasteiger partial charge in [-0.1, -0.05) is 71.1 Å². The van der Waals surface area contributed by atoms with Crippen molar-refractivity contribution in [1.29, 1.82) is 0 Å². The summed E-state index contributed by atoms with van der Waals surface area (Å²) in [6.45, 7) is 7.34. The summed E-state index contributed by atoms with van der Waals surface area (Å²) in [5.41, 5.74) is 0. The normalized spacial score (nSPS) is 15.3. The Hall–Kier alpha value is -0.610. The molecule has 0 aliphatic rings. The number of hydrogen-bond acceptors (Lipinski definition) is 4. The van der Waals surface area contributed by atoms with E-state index in [0.717, 1.165) is 12.8 Å². The van der Waals surface area contributed by atoms with E-state index in [1.54, 1.807) is 13.8 Å². The number of hydrogen-bond donors (Lipinski definition) is 2. The highest BCUT2D eigenvalue weighted by molar-refractivity contribution is 5.73. The second-order valence-corrected chi connectivity index (χ2v) is 7.29. The van der Waals surface area contributed by atoms with Crippen LogP contribution in [0.15, 0.2) is 0 Å². The molecule has 0 fully saturated rings. The highest BCUT2D eigenvalue weighted by atomic mass is 16.5. The van der Waals surface area contributed by atoms with Gasteiger partial charge >= 0.3 is 5.97 Å². The van der Waals surface area contributed by atoms with Gasteiger partial charge in [-0.2, -0.15) is 0 Å². The fourth-order valence-electron chi connectivity index (χ4n) is 2.94. The Morgan fingerprint density at radius 2 is 1.29 bits per heavy atom. The van der Waals surface area contributed by atoms with Crippen LogP contribution in [0.4, 0.5) is 0 Å². The summed E-state index contributed by atoms with van der Waals surface area (Å²) in [7, 11) is 0. The zero-order valence-corrected chi connectivity index (χ0v) is 16.3. The molecule has 3 atom stereocenters. The highest BCUT2D eigenvalue weighted by Gasteiger charge is 2.31. The highest BCUT2D eigenvalue weighted by Crippen LogP contribution is 2.20. The maximum absolute atomic E-state index is 12.1. The van der Waals surface area contributed by atoms with Crippen LogP contribution in [0.25, 0.3) is 0 Å². The SMILES string of the molecule is CCCCCCCCCCCCC(C(=O)OC(C)C)C(O)C(C)O. The van der Waals surface area contributed by atoms with Gasteiger partial charge in [-0.05, 0) is 27.2 Å². The Bertz CT molecular complexity index is 302. The monoisotopic (exact) mass is 344 g/mol. The van der Waals surface area contributed by atoms with Gasteiger partial charge in [0.15, 0.2) is 0 Å². The molecule has 2 N–H and O–H groups in total. The quantitative estimate of drug-likeness (QED) is 0.336. The number of aliphatic hydroxyl groups is 2. The van der Waals surface area contributed by atoms with Gasteiger partial charge < -0.3 is 14.9 Å². The van der Waals surface area contributed by atoms with Gasteiger partial charge in [0.2, 0.25) is 0 Å². The number of carbonyl (C=O) groups excluding carboxylic acids is 1. The van der Waals surface area contributed by atoms with E-state index < -0.39 is 24.1 Å². The lowest BCUT2D eigenvalue weighted by Crippen LogP contribution is -2.38. The minimum Gasteiger partial charge on any atom is -0.463 e. The number of carbonyl (C=O) groups is 1. The van der Waals surface area contributed by atoms with Crippen molar-refractivity contribution in [2.24, 2.45) is 5.92 Å². The van der Waals surface area contributed by atoms with Crippen LogP contribution >= 0.6 is 0 Å². The fraction of sp³-hybridized carbons (Fsp3) is 0.950. The van der Waals surface area contributed by atoms with Crippen LogP contribution in [0.1, 0.15) is 98.3 Å². The van der Waals surface area contributed by atoms with Gasteiger partial charge in [-0.25, -0.2) is 0 Å². The third-order valence-electron chi connectivity index (χ3n) is 4.43. The minimum atomic E-state index is -1.05. The van der Waals surface area contributed by atoms with Crippen LogP contribution in [-0.4, -0.2) is 34.5 Å². The van der Waals surface area contributed by atoms with Gasteiger partial charge in [-0.15, -0.1) is 0 Å². The number of rotatable bonds is 15. The predicted molar refractivity (Wildman–Crippen MR) is 98.9 cm³/mol. The van der Waals surface area contributed by atoms with Crippen molar-refractivity contribution in [3.8, 4) is 0 Å². The molecule has 0 aromatic rings. The molecule has 0 rings (SSSR count). The molecule has 0 radical (unpaired) electrons. The first-order chi connectivity index (χ1) is 11.4. The molecule has 24 heavy (non-hydrogen) atoms. The van der Waals surface area contributed by atoms with Crippen molar-refractivity contribution < 1.29 is 19.7 Å². The number of aliphatic hydroxyl groups excluding tert-OH is 2. The molecular weight excluding hydrogens is 304 g/mol. The summed E-state index contributed by atoms with van der Waals surface area (Å²) >= 11 is 0. The van der Waals surface area contributed by atoms with E-state index in [1.165, 1.54) is 58.3 Å². The molecule has 144 valence electrons. The Morgan fingerprint density at radius 1 is 0.833 bits per heavy atom. The fourth-order valence-corrected chi connectivity index (χ4v) is 2.94. The molecular formula is C20H40O4. The Kier molecular flexibility index (Phi) is 14.3. The van der Waals surface area contributed by atoms with E-state index >= 15 is 0 Å². The van der Waals surface area contributed by atoms with Crippen LogP contribution in [0.5, 0.6) is 0 Å². The molecule has 0 aliphatic carbocycles. The van der Waals surface area contributed by atoms with Crippen LogP contribution in [-0.2, 0) is 9.53 Å². The maximum Gasteiger partial charge on any atom is 0.311 e. The summed E-state index contributed by atoms with van der Waals surface area (Å²) in [6.07, 6.45) is 10.7. The first-order valence-corrected chi connectivity index (χ1v) is 9.96. The van der Waals surface area contributed by atoms with Crippen LogP contribution in [0.2, 0.25) is 0 Å². The molecule has 0 saturated carbocycles. The second kappa shape index (κ2) is 14.7. The molecule has 0 amide bonds. The van der Waals surface area contributed by atoms with Crippen molar-refractivity contribution in [3.63, 3.8) is 0 Å².